The zero-order chi connectivity index (χ0) is 10.9. The molecule has 0 unspecified atom stereocenters. The molecule has 1 N–H and O–H groups in total. The summed E-state index contributed by atoms with van der Waals surface area (Å²) in [5, 5.41) is 9.02. The molecule has 1 fully saturated rings. The van der Waals surface area contributed by atoms with Gasteiger partial charge in [0.15, 0.2) is 5.41 Å². The van der Waals surface area contributed by atoms with Crippen LogP contribution in [-0.4, -0.2) is 23.7 Å². The maximum absolute atomic E-state index is 11.5. The van der Waals surface area contributed by atoms with Crippen molar-refractivity contribution in [3.05, 3.63) is 0 Å². The summed E-state index contributed by atoms with van der Waals surface area (Å²) in [6.45, 7) is 5.77. The summed E-state index contributed by atoms with van der Waals surface area (Å²) in [5.41, 5.74) is -1.25. The fourth-order valence-electron chi connectivity index (χ4n) is 1.92. The minimum absolute atomic E-state index is 0.0703. The van der Waals surface area contributed by atoms with Crippen LogP contribution in [0.15, 0.2) is 0 Å². The van der Waals surface area contributed by atoms with Gasteiger partial charge in [0.05, 0.1) is 6.61 Å². The maximum atomic E-state index is 11.5. The summed E-state index contributed by atoms with van der Waals surface area (Å²) in [6, 6.07) is 0. The number of hydrogen-bond donors (Lipinski definition) is 1. The molecule has 0 radical (unpaired) electrons. The molecule has 0 aromatic carbocycles. The summed E-state index contributed by atoms with van der Waals surface area (Å²) in [5.74, 6) is -1.49. The number of carboxylic acid groups (broad SMARTS) is 1. The summed E-state index contributed by atoms with van der Waals surface area (Å²) in [7, 11) is 0. The van der Waals surface area contributed by atoms with Crippen LogP contribution in [0.5, 0.6) is 0 Å². The summed E-state index contributed by atoms with van der Waals surface area (Å²) in [4.78, 5) is 22.5. The summed E-state index contributed by atoms with van der Waals surface area (Å²) in [6.07, 6.45) is 0.416. The van der Waals surface area contributed by atoms with Gasteiger partial charge in [0.1, 0.15) is 0 Å². The largest absolute Gasteiger partial charge is 0.480 e. The smallest absolute Gasteiger partial charge is 0.323 e. The second-order valence-corrected chi connectivity index (χ2v) is 4.05. The second kappa shape index (κ2) is 3.59. The Morgan fingerprint density at radius 2 is 2.14 bits per heavy atom. The van der Waals surface area contributed by atoms with Crippen molar-refractivity contribution in [2.24, 2.45) is 17.3 Å². The monoisotopic (exact) mass is 200 g/mol. The highest BCUT2D eigenvalue weighted by Crippen LogP contribution is 2.57. The first kappa shape index (κ1) is 11.0. The molecule has 0 spiro atoms. The molecule has 2 atom stereocenters. The third-order valence-electron chi connectivity index (χ3n) is 2.84. The lowest BCUT2D eigenvalue weighted by Gasteiger charge is -2.12. The number of carbonyl (C=O) groups excluding carboxylic acids is 1. The Bertz CT molecular complexity index is 259. The molecule has 1 rings (SSSR count). The normalized spacial score (nSPS) is 30.1. The van der Waals surface area contributed by atoms with Crippen molar-refractivity contribution in [3.8, 4) is 0 Å². The molecular formula is C10H16O4. The number of rotatable bonds is 4. The third kappa shape index (κ3) is 1.49. The van der Waals surface area contributed by atoms with E-state index in [1.807, 2.05) is 13.8 Å². The van der Waals surface area contributed by atoms with Crippen LogP contribution in [0.2, 0.25) is 0 Å². The zero-order valence-electron chi connectivity index (χ0n) is 8.74. The molecule has 14 heavy (non-hydrogen) atoms. The van der Waals surface area contributed by atoms with Gasteiger partial charge < -0.3 is 9.84 Å². The van der Waals surface area contributed by atoms with E-state index in [9.17, 15) is 9.59 Å². The lowest BCUT2D eigenvalue weighted by molar-refractivity contribution is -0.162. The van der Waals surface area contributed by atoms with Gasteiger partial charge in [0, 0.05) is 0 Å². The van der Waals surface area contributed by atoms with E-state index in [4.69, 9.17) is 9.84 Å². The van der Waals surface area contributed by atoms with Crippen LogP contribution in [0.25, 0.3) is 0 Å². The van der Waals surface area contributed by atoms with Crippen molar-refractivity contribution in [2.75, 3.05) is 6.61 Å². The molecule has 1 aliphatic carbocycles. The van der Waals surface area contributed by atoms with Crippen molar-refractivity contribution >= 4 is 11.9 Å². The second-order valence-electron chi connectivity index (χ2n) is 4.05. The molecule has 0 saturated heterocycles. The standard InChI is InChI=1S/C10H16O4/c1-4-14-9(13)10(8(11)12)5-7(10)6(2)3/h6-7H,4-5H2,1-3H3,(H,11,12)/t7-,10+/m0/s1. The van der Waals surface area contributed by atoms with Gasteiger partial charge in [-0.1, -0.05) is 13.8 Å². The fraction of sp³-hybridized carbons (Fsp3) is 0.800. The van der Waals surface area contributed by atoms with E-state index in [1.165, 1.54) is 0 Å². The quantitative estimate of drug-likeness (QED) is 0.548. The SMILES string of the molecule is CCOC(=O)[C@]1(C(=O)O)C[C@H]1C(C)C. The van der Waals surface area contributed by atoms with Crippen LogP contribution in [0.3, 0.4) is 0 Å². The zero-order valence-corrected chi connectivity index (χ0v) is 8.74. The number of aliphatic carboxylic acids is 1. The van der Waals surface area contributed by atoms with Gasteiger partial charge in [-0.3, -0.25) is 9.59 Å². The Kier molecular flexibility index (Phi) is 2.83. The van der Waals surface area contributed by atoms with Gasteiger partial charge >= 0.3 is 11.9 Å². The first-order chi connectivity index (χ1) is 6.46. The third-order valence-corrected chi connectivity index (χ3v) is 2.84. The van der Waals surface area contributed by atoms with E-state index < -0.39 is 17.4 Å². The van der Waals surface area contributed by atoms with Crippen molar-refractivity contribution in [1.29, 1.82) is 0 Å². The van der Waals surface area contributed by atoms with Crippen LogP contribution in [0, 0.1) is 17.3 Å². The summed E-state index contributed by atoms with van der Waals surface area (Å²) < 4.78 is 4.79. The Morgan fingerprint density at radius 1 is 1.57 bits per heavy atom. The van der Waals surface area contributed by atoms with Gasteiger partial charge in [-0.05, 0) is 25.2 Å². The molecule has 1 aliphatic rings. The topological polar surface area (TPSA) is 63.6 Å². The molecule has 0 bridgehead atoms. The van der Waals surface area contributed by atoms with E-state index in [2.05, 4.69) is 0 Å². The Morgan fingerprint density at radius 3 is 2.43 bits per heavy atom. The van der Waals surface area contributed by atoms with Crippen LogP contribution in [-0.2, 0) is 14.3 Å². The Hall–Kier alpha value is -1.06. The van der Waals surface area contributed by atoms with Crippen molar-refractivity contribution in [2.45, 2.75) is 27.2 Å². The van der Waals surface area contributed by atoms with Crippen molar-refractivity contribution < 1.29 is 19.4 Å². The summed E-state index contributed by atoms with van der Waals surface area (Å²) >= 11 is 0. The van der Waals surface area contributed by atoms with E-state index >= 15 is 0 Å². The van der Waals surface area contributed by atoms with Gasteiger partial charge in [-0.2, -0.15) is 0 Å². The average Bonchev–Trinajstić information content (AvgIpc) is 2.79. The highest BCUT2D eigenvalue weighted by molar-refractivity contribution is 6.03. The molecular weight excluding hydrogens is 184 g/mol. The molecule has 0 aromatic rings. The molecule has 4 nitrogen and oxygen atoms in total. The first-order valence-corrected chi connectivity index (χ1v) is 4.87. The molecule has 0 amide bonds. The first-order valence-electron chi connectivity index (χ1n) is 4.87. The van der Waals surface area contributed by atoms with Crippen LogP contribution in [0.4, 0.5) is 0 Å². The van der Waals surface area contributed by atoms with Gasteiger partial charge in [-0.15, -0.1) is 0 Å². The predicted molar refractivity (Wildman–Crippen MR) is 49.6 cm³/mol. The van der Waals surface area contributed by atoms with Crippen LogP contribution >= 0.6 is 0 Å². The van der Waals surface area contributed by atoms with E-state index in [-0.39, 0.29) is 18.4 Å². The molecule has 4 heteroatoms. The fourth-order valence-corrected chi connectivity index (χ4v) is 1.92. The lowest BCUT2D eigenvalue weighted by atomic mass is 9.97. The van der Waals surface area contributed by atoms with Crippen molar-refractivity contribution in [1.82, 2.24) is 0 Å². The van der Waals surface area contributed by atoms with Gasteiger partial charge in [0.2, 0.25) is 0 Å². The van der Waals surface area contributed by atoms with Gasteiger partial charge in [0.25, 0.3) is 0 Å². The van der Waals surface area contributed by atoms with E-state index in [1.54, 1.807) is 6.92 Å². The van der Waals surface area contributed by atoms with Crippen molar-refractivity contribution in [3.63, 3.8) is 0 Å². The number of carbonyl (C=O) groups is 2. The van der Waals surface area contributed by atoms with E-state index in [0.717, 1.165) is 0 Å². The molecule has 1 saturated carbocycles. The number of carboxylic acids is 1. The van der Waals surface area contributed by atoms with Crippen LogP contribution < -0.4 is 0 Å². The maximum Gasteiger partial charge on any atom is 0.323 e. The highest BCUT2D eigenvalue weighted by Gasteiger charge is 2.68. The number of esters is 1. The minimum Gasteiger partial charge on any atom is -0.480 e. The lowest BCUT2D eigenvalue weighted by Crippen LogP contribution is -2.30. The highest BCUT2D eigenvalue weighted by atomic mass is 16.5. The van der Waals surface area contributed by atoms with E-state index in [0.29, 0.717) is 6.42 Å². The average molecular weight is 200 g/mol. The molecule has 0 aromatic heterocycles. The van der Waals surface area contributed by atoms with Crippen LogP contribution in [0.1, 0.15) is 27.2 Å². The number of ether oxygens (including phenoxy) is 1. The minimum atomic E-state index is -1.25. The van der Waals surface area contributed by atoms with Gasteiger partial charge in [-0.25, -0.2) is 0 Å². The number of hydrogen-bond acceptors (Lipinski definition) is 3. The predicted octanol–water partition coefficient (Wildman–Crippen LogP) is 1.30. The Balaban J connectivity index is 2.78. The molecule has 0 heterocycles. The molecule has 0 aliphatic heterocycles. The Labute approximate surface area is 83.2 Å². The molecule has 80 valence electrons.